The zero-order valence-corrected chi connectivity index (χ0v) is 10.3. The van der Waals surface area contributed by atoms with Crippen molar-refractivity contribution in [1.82, 2.24) is 5.32 Å². The van der Waals surface area contributed by atoms with Gasteiger partial charge in [-0.2, -0.15) is 0 Å². The topological polar surface area (TPSA) is 49.3 Å². The van der Waals surface area contributed by atoms with E-state index in [-0.39, 0.29) is 18.4 Å². The summed E-state index contributed by atoms with van der Waals surface area (Å²) in [6.45, 7) is 0.950. The number of halogens is 1. The summed E-state index contributed by atoms with van der Waals surface area (Å²) in [7, 11) is 0. The summed E-state index contributed by atoms with van der Waals surface area (Å²) < 4.78 is 0. The number of nitrogens with one attached hydrogen (secondary N) is 1. The van der Waals surface area contributed by atoms with Gasteiger partial charge in [0, 0.05) is 6.54 Å². The molecular weight excluding hydrogens is 226 g/mol. The fourth-order valence-corrected chi connectivity index (χ4v) is 4.24. The van der Waals surface area contributed by atoms with E-state index in [1.54, 1.807) is 0 Å². The summed E-state index contributed by atoms with van der Waals surface area (Å²) in [5.74, 6) is 1.04. The van der Waals surface area contributed by atoms with Gasteiger partial charge in [-0.25, -0.2) is 0 Å². The van der Waals surface area contributed by atoms with Crippen molar-refractivity contribution in [2.24, 2.45) is 17.3 Å². The van der Waals surface area contributed by atoms with Gasteiger partial charge in [0.1, 0.15) is 6.04 Å². The van der Waals surface area contributed by atoms with Gasteiger partial charge in [0.25, 0.3) is 0 Å². The van der Waals surface area contributed by atoms with Crippen LogP contribution in [0.4, 0.5) is 0 Å². The van der Waals surface area contributed by atoms with Gasteiger partial charge in [0.15, 0.2) is 0 Å². The molecule has 2 unspecified atom stereocenters. The third-order valence-electron chi connectivity index (χ3n) is 5.02. The number of hydrogen-bond acceptors (Lipinski definition) is 2. The Morgan fingerprint density at radius 1 is 1.19 bits per heavy atom. The molecule has 0 aromatic heterocycles. The van der Waals surface area contributed by atoms with Gasteiger partial charge in [0.2, 0.25) is 0 Å². The molecule has 2 bridgehead atoms. The second-order valence-electron chi connectivity index (χ2n) is 5.76. The fraction of sp³-hybridized carbons (Fsp3) is 0.917. The second kappa shape index (κ2) is 4.19. The van der Waals surface area contributed by atoms with Crippen LogP contribution in [0.25, 0.3) is 0 Å². The quantitative estimate of drug-likeness (QED) is 0.744. The molecule has 4 heteroatoms. The maximum Gasteiger partial charge on any atom is 0.320 e. The van der Waals surface area contributed by atoms with E-state index in [0.29, 0.717) is 5.41 Å². The summed E-state index contributed by atoms with van der Waals surface area (Å²) in [5, 5.41) is 12.2. The molecule has 2 N–H and O–H groups in total. The molecule has 3 aliphatic carbocycles. The van der Waals surface area contributed by atoms with Crippen LogP contribution in [0.5, 0.6) is 0 Å². The molecule has 0 radical (unpaired) electrons. The minimum Gasteiger partial charge on any atom is -0.480 e. The second-order valence-corrected chi connectivity index (χ2v) is 5.76. The summed E-state index contributed by atoms with van der Waals surface area (Å²) >= 11 is 0. The van der Waals surface area contributed by atoms with Crippen molar-refractivity contribution in [3.05, 3.63) is 0 Å². The van der Waals surface area contributed by atoms with Gasteiger partial charge < -0.3 is 10.4 Å². The number of carboxylic acids is 1. The summed E-state index contributed by atoms with van der Waals surface area (Å²) in [6, 6.07) is -0.274. The van der Waals surface area contributed by atoms with E-state index in [9.17, 15) is 4.79 Å². The van der Waals surface area contributed by atoms with Crippen LogP contribution in [0.2, 0.25) is 0 Å². The van der Waals surface area contributed by atoms with Crippen LogP contribution < -0.4 is 5.32 Å². The molecule has 1 heterocycles. The molecule has 1 saturated heterocycles. The lowest BCUT2D eigenvalue weighted by Gasteiger charge is -2.50. The molecule has 0 amide bonds. The van der Waals surface area contributed by atoms with Crippen LogP contribution in [-0.2, 0) is 4.79 Å². The van der Waals surface area contributed by atoms with Crippen LogP contribution in [0.1, 0.15) is 38.5 Å². The number of aliphatic carboxylic acids is 1. The van der Waals surface area contributed by atoms with Gasteiger partial charge in [0.05, 0.1) is 0 Å². The van der Waals surface area contributed by atoms with Crippen molar-refractivity contribution in [2.45, 2.75) is 44.6 Å². The Hall–Kier alpha value is -0.280. The van der Waals surface area contributed by atoms with Crippen LogP contribution in [0, 0.1) is 17.3 Å². The Morgan fingerprint density at radius 3 is 2.31 bits per heavy atom. The molecule has 1 spiro atoms. The lowest BCUT2D eigenvalue weighted by Crippen LogP contribution is -2.43. The number of hydrogen-bond donors (Lipinski definition) is 2. The average molecular weight is 246 g/mol. The van der Waals surface area contributed by atoms with Crippen LogP contribution >= 0.6 is 12.4 Å². The molecule has 2 atom stereocenters. The first-order chi connectivity index (χ1) is 7.20. The van der Waals surface area contributed by atoms with Crippen LogP contribution in [0.3, 0.4) is 0 Å². The summed E-state index contributed by atoms with van der Waals surface area (Å²) in [4.78, 5) is 11.0. The lowest BCUT2D eigenvalue weighted by atomic mass is 9.55. The predicted octanol–water partition coefficient (Wildman–Crippen LogP) is 2.05. The van der Waals surface area contributed by atoms with Crippen molar-refractivity contribution in [2.75, 3.05) is 6.54 Å². The van der Waals surface area contributed by atoms with Crippen molar-refractivity contribution in [1.29, 1.82) is 0 Å². The average Bonchev–Trinajstić information content (AvgIpc) is 2.64. The standard InChI is InChI=1S/C12H19NO2.ClH/c14-11(15)10-6-12(7-13-10)5-8-1-3-9(12)4-2-8;/h8-10,13H,1-7H2,(H,14,15);1H. The van der Waals surface area contributed by atoms with E-state index in [0.717, 1.165) is 24.8 Å². The minimum atomic E-state index is -0.659. The normalized spacial score (nSPS) is 45.6. The highest BCUT2D eigenvalue weighted by Crippen LogP contribution is 2.56. The highest BCUT2D eigenvalue weighted by atomic mass is 35.5. The van der Waals surface area contributed by atoms with Gasteiger partial charge in [-0.3, -0.25) is 4.79 Å². The van der Waals surface area contributed by atoms with Gasteiger partial charge in [-0.15, -0.1) is 12.4 Å². The van der Waals surface area contributed by atoms with Crippen LogP contribution in [-0.4, -0.2) is 23.7 Å². The van der Waals surface area contributed by atoms with Gasteiger partial charge >= 0.3 is 5.97 Å². The third kappa shape index (κ3) is 1.74. The largest absolute Gasteiger partial charge is 0.480 e. The maximum absolute atomic E-state index is 11.0. The smallest absolute Gasteiger partial charge is 0.320 e. The molecule has 3 nitrogen and oxygen atoms in total. The lowest BCUT2D eigenvalue weighted by molar-refractivity contribution is -0.139. The molecule has 4 fully saturated rings. The van der Waals surface area contributed by atoms with E-state index >= 15 is 0 Å². The highest BCUT2D eigenvalue weighted by Gasteiger charge is 2.52. The Morgan fingerprint density at radius 2 is 1.88 bits per heavy atom. The minimum absolute atomic E-state index is 0. The molecule has 16 heavy (non-hydrogen) atoms. The molecule has 0 aromatic rings. The third-order valence-corrected chi connectivity index (χ3v) is 5.02. The zero-order valence-electron chi connectivity index (χ0n) is 9.45. The summed E-state index contributed by atoms with van der Waals surface area (Å²) in [6.07, 6.45) is 7.64. The van der Waals surface area contributed by atoms with Crippen LogP contribution in [0.15, 0.2) is 0 Å². The first-order valence-electron chi connectivity index (χ1n) is 6.16. The van der Waals surface area contributed by atoms with Gasteiger partial charge in [-0.05, 0) is 42.9 Å². The van der Waals surface area contributed by atoms with E-state index < -0.39 is 5.97 Å². The van der Waals surface area contributed by atoms with E-state index in [2.05, 4.69) is 5.32 Å². The number of carbonyl (C=O) groups is 1. The SMILES string of the molecule is Cl.O=C(O)C1CC2(CN1)CC1CCC2CC1. The predicted molar refractivity (Wildman–Crippen MR) is 63.8 cm³/mol. The van der Waals surface area contributed by atoms with E-state index in [1.807, 2.05) is 0 Å². The first kappa shape index (κ1) is 12.2. The summed E-state index contributed by atoms with van der Waals surface area (Å²) in [5.41, 5.74) is 0.351. The first-order valence-corrected chi connectivity index (χ1v) is 6.16. The fourth-order valence-electron chi connectivity index (χ4n) is 4.24. The molecular formula is C12H20ClNO2. The maximum atomic E-state index is 11.0. The number of rotatable bonds is 1. The van der Waals surface area contributed by atoms with E-state index in [4.69, 9.17) is 5.11 Å². The Kier molecular flexibility index (Phi) is 3.19. The van der Waals surface area contributed by atoms with Crippen molar-refractivity contribution >= 4 is 18.4 Å². The highest BCUT2D eigenvalue weighted by molar-refractivity contribution is 5.85. The van der Waals surface area contributed by atoms with Crippen molar-refractivity contribution < 1.29 is 9.90 Å². The number of fused-ring (bicyclic) bond motifs is 2. The molecule has 4 aliphatic rings. The van der Waals surface area contributed by atoms with Gasteiger partial charge in [-0.1, -0.05) is 12.8 Å². The zero-order chi connectivity index (χ0) is 10.5. The Bertz CT molecular complexity index is 289. The molecule has 0 aromatic carbocycles. The van der Waals surface area contributed by atoms with E-state index in [1.165, 1.54) is 32.1 Å². The number of carboxylic acid groups (broad SMARTS) is 1. The molecule has 92 valence electrons. The monoisotopic (exact) mass is 245 g/mol. The van der Waals surface area contributed by atoms with Crippen molar-refractivity contribution in [3.8, 4) is 0 Å². The van der Waals surface area contributed by atoms with Crippen molar-refractivity contribution in [3.63, 3.8) is 0 Å². The molecule has 4 rings (SSSR count). The molecule has 1 aliphatic heterocycles. The Balaban J connectivity index is 0.000000963. The molecule has 3 saturated carbocycles. The Labute approximate surface area is 102 Å².